The maximum atomic E-state index is 9.65. The molecule has 0 radical (unpaired) electrons. The third-order valence-corrected chi connectivity index (χ3v) is 5.53. The number of ether oxygens (including phenoxy) is 2. The number of nitrogens with two attached hydrogens (primary N) is 1. The Morgan fingerprint density at radius 3 is 2.60 bits per heavy atom. The van der Waals surface area contributed by atoms with E-state index < -0.39 is 12.1 Å². The van der Waals surface area contributed by atoms with Gasteiger partial charge in [0.25, 0.3) is 0 Å². The molecule has 0 atom stereocenters. The monoisotopic (exact) mass is 478 g/mol. The Kier molecular flexibility index (Phi) is 6.69. The third kappa shape index (κ3) is 4.80. The van der Waals surface area contributed by atoms with Crippen LogP contribution in [-0.4, -0.2) is 54.8 Å². The molecule has 11 heteroatoms. The van der Waals surface area contributed by atoms with Gasteiger partial charge in [0.2, 0.25) is 0 Å². The molecule has 5 rings (SSSR count). The van der Waals surface area contributed by atoms with Gasteiger partial charge in [0.05, 0.1) is 36.2 Å². The number of aromatic nitrogens is 5. The Morgan fingerprint density at radius 1 is 1.17 bits per heavy atom. The normalized spacial score (nSPS) is 11.0. The van der Waals surface area contributed by atoms with Crippen LogP contribution in [0.15, 0.2) is 42.9 Å². The summed E-state index contributed by atoms with van der Waals surface area (Å²) in [6, 6.07) is 8.29. The smallest absolute Gasteiger partial charge is 0.497 e. The summed E-state index contributed by atoms with van der Waals surface area (Å²) in [5, 5.41) is 8.78. The number of imidazole rings is 1. The number of hydrogen-bond acceptors (Lipinski definition) is 7. The fraction of sp³-hybridized carbons (Fsp3) is 0.250. The molecule has 35 heavy (non-hydrogen) atoms. The first kappa shape index (κ1) is 23.8. The van der Waals surface area contributed by atoms with E-state index in [1.54, 1.807) is 7.11 Å². The minimum absolute atomic E-state index is 0.652. The summed E-state index contributed by atoms with van der Waals surface area (Å²) in [5.41, 5.74) is 11.8. The zero-order valence-electron chi connectivity index (χ0n) is 19.6. The second-order valence-corrected chi connectivity index (χ2v) is 7.90. The van der Waals surface area contributed by atoms with Crippen LogP contribution < -0.4 is 10.5 Å². The number of carboxylic acid groups (broad SMARTS) is 1. The Bertz CT molecular complexity index is 1520. The quantitative estimate of drug-likeness (QED) is 0.257. The number of hydrogen-bond donors (Lipinski definition) is 3. The van der Waals surface area contributed by atoms with Crippen molar-refractivity contribution in [1.29, 1.82) is 0 Å². The first-order valence-corrected chi connectivity index (χ1v) is 10.9. The molecule has 0 aliphatic carbocycles. The summed E-state index contributed by atoms with van der Waals surface area (Å²) in [7, 11) is 3.74. The predicted octanol–water partition coefficient (Wildman–Crippen LogP) is 3.50. The SMILES string of the molecule is CC(=O)OC(=O)O.COc1ccc2c(c1)c(-c1cc3c(ncc4cnc(CCCN)n43)[nH]1)cn2C. The van der Waals surface area contributed by atoms with Gasteiger partial charge in [0.15, 0.2) is 5.65 Å². The van der Waals surface area contributed by atoms with Gasteiger partial charge in [-0.15, -0.1) is 0 Å². The van der Waals surface area contributed by atoms with E-state index in [4.69, 9.17) is 15.6 Å². The Hall–Kier alpha value is -4.38. The van der Waals surface area contributed by atoms with E-state index in [-0.39, 0.29) is 0 Å². The molecule has 0 saturated heterocycles. The van der Waals surface area contributed by atoms with Crippen molar-refractivity contribution in [3.8, 4) is 17.0 Å². The molecule has 11 nitrogen and oxygen atoms in total. The van der Waals surface area contributed by atoms with Gasteiger partial charge >= 0.3 is 12.1 Å². The van der Waals surface area contributed by atoms with E-state index in [2.05, 4.69) is 60.1 Å². The first-order valence-electron chi connectivity index (χ1n) is 10.9. The second kappa shape index (κ2) is 9.85. The summed E-state index contributed by atoms with van der Waals surface area (Å²) < 4.78 is 13.3. The highest BCUT2D eigenvalue weighted by atomic mass is 16.7. The number of H-pyrrole nitrogens is 1. The molecule has 4 heterocycles. The molecule has 4 N–H and O–H groups in total. The van der Waals surface area contributed by atoms with Crippen LogP contribution in [0.4, 0.5) is 4.79 Å². The fourth-order valence-electron chi connectivity index (χ4n) is 4.02. The molecular weight excluding hydrogens is 452 g/mol. The highest BCUT2D eigenvalue weighted by Crippen LogP contribution is 2.34. The number of fused-ring (bicyclic) bond motifs is 4. The molecular formula is C24H26N6O5. The topological polar surface area (TPSA) is 150 Å². The lowest BCUT2D eigenvalue weighted by atomic mass is 10.1. The predicted molar refractivity (Wildman–Crippen MR) is 130 cm³/mol. The zero-order valence-corrected chi connectivity index (χ0v) is 19.6. The van der Waals surface area contributed by atoms with E-state index in [9.17, 15) is 9.59 Å². The Balaban J connectivity index is 0.000000364. The number of nitrogens with one attached hydrogen (secondary N) is 1. The minimum atomic E-state index is -1.56. The van der Waals surface area contributed by atoms with Gasteiger partial charge in [0, 0.05) is 43.1 Å². The van der Waals surface area contributed by atoms with Gasteiger partial charge < -0.3 is 29.9 Å². The van der Waals surface area contributed by atoms with Crippen molar-refractivity contribution in [2.24, 2.45) is 12.8 Å². The summed E-state index contributed by atoms with van der Waals surface area (Å²) in [6.07, 6.45) is 6.04. The number of carbonyl (C=O) groups excluding carboxylic acids is 1. The molecule has 0 unspecified atom stereocenters. The van der Waals surface area contributed by atoms with E-state index in [1.807, 2.05) is 18.5 Å². The van der Waals surface area contributed by atoms with Gasteiger partial charge in [-0.1, -0.05) is 0 Å². The lowest BCUT2D eigenvalue weighted by molar-refractivity contribution is -0.136. The maximum Gasteiger partial charge on any atom is 0.513 e. The van der Waals surface area contributed by atoms with Crippen LogP contribution in [0.2, 0.25) is 0 Å². The van der Waals surface area contributed by atoms with E-state index in [1.165, 1.54) is 0 Å². The molecule has 1 aromatic carbocycles. The van der Waals surface area contributed by atoms with Crippen LogP contribution in [0.1, 0.15) is 19.2 Å². The molecule has 5 aromatic rings. The van der Waals surface area contributed by atoms with Crippen LogP contribution in [0, 0.1) is 0 Å². The van der Waals surface area contributed by atoms with Crippen molar-refractivity contribution in [3.63, 3.8) is 0 Å². The van der Waals surface area contributed by atoms with Crippen molar-refractivity contribution in [2.45, 2.75) is 19.8 Å². The van der Waals surface area contributed by atoms with Gasteiger partial charge in [-0.3, -0.25) is 9.20 Å². The number of nitrogens with zero attached hydrogens (tertiary/aromatic N) is 4. The van der Waals surface area contributed by atoms with Crippen molar-refractivity contribution < 1.29 is 24.2 Å². The molecule has 0 aliphatic rings. The largest absolute Gasteiger partial charge is 0.513 e. The van der Waals surface area contributed by atoms with Crippen LogP contribution in [0.3, 0.4) is 0 Å². The van der Waals surface area contributed by atoms with Crippen molar-refractivity contribution in [3.05, 3.63) is 48.7 Å². The second-order valence-electron chi connectivity index (χ2n) is 7.90. The lowest BCUT2D eigenvalue weighted by Gasteiger charge is -2.01. The van der Waals surface area contributed by atoms with Gasteiger partial charge in [-0.05, 0) is 37.2 Å². The van der Waals surface area contributed by atoms with Gasteiger partial charge in [0.1, 0.15) is 11.6 Å². The number of carbonyl (C=O) groups is 2. The Labute approximate surface area is 200 Å². The summed E-state index contributed by atoms with van der Waals surface area (Å²) >= 11 is 0. The van der Waals surface area contributed by atoms with E-state index in [0.29, 0.717) is 6.54 Å². The molecule has 0 saturated carbocycles. The number of esters is 1. The summed E-state index contributed by atoms with van der Waals surface area (Å²) in [5.74, 6) is 1.04. The summed E-state index contributed by atoms with van der Waals surface area (Å²) in [6.45, 7) is 1.67. The lowest BCUT2D eigenvalue weighted by Crippen LogP contribution is -2.04. The minimum Gasteiger partial charge on any atom is -0.497 e. The Morgan fingerprint density at radius 2 is 1.94 bits per heavy atom. The number of rotatable bonds is 5. The van der Waals surface area contributed by atoms with Gasteiger partial charge in [-0.2, -0.15) is 0 Å². The van der Waals surface area contributed by atoms with Gasteiger partial charge in [-0.25, -0.2) is 14.8 Å². The van der Waals surface area contributed by atoms with E-state index >= 15 is 0 Å². The number of aromatic amines is 1. The molecule has 4 aromatic heterocycles. The number of aryl methyl sites for hydroxylation is 2. The first-order chi connectivity index (χ1) is 16.8. The van der Waals surface area contributed by atoms with Crippen molar-refractivity contribution in [2.75, 3.05) is 13.7 Å². The van der Waals surface area contributed by atoms with Crippen molar-refractivity contribution in [1.82, 2.24) is 23.9 Å². The maximum absolute atomic E-state index is 9.65. The molecule has 0 spiro atoms. The fourth-order valence-corrected chi connectivity index (χ4v) is 4.02. The zero-order chi connectivity index (χ0) is 25.1. The van der Waals surface area contributed by atoms with Crippen LogP contribution in [0.5, 0.6) is 5.75 Å². The average molecular weight is 479 g/mol. The van der Waals surface area contributed by atoms with Crippen LogP contribution >= 0.6 is 0 Å². The summed E-state index contributed by atoms with van der Waals surface area (Å²) in [4.78, 5) is 31.7. The van der Waals surface area contributed by atoms with Crippen molar-refractivity contribution >= 4 is 39.7 Å². The average Bonchev–Trinajstić information content (AvgIpc) is 3.51. The number of methoxy groups -OCH3 is 1. The molecule has 0 amide bonds. The molecule has 182 valence electrons. The standard InChI is InChI=1S/C21H22N6O.C3H4O4/c1-26-12-16(15-8-14(28-2)5-6-18(15)26)17-9-19-21(25-17)24-11-13-10-23-20(27(13)19)4-3-7-22;1-2(4)7-3(5)6/h5-6,8-12,25H,3-4,7,22H2,1-2H3;1H3,(H,5,6). The highest BCUT2D eigenvalue weighted by Gasteiger charge is 2.15. The van der Waals surface area contributed by atoms with E-state index in [0.717, 1.165) is 70.2 Å². The van der Waals surface area contributed by atoms with Crippen LogP contribution in [-0.2, 0) is 23.0 Å². The molecule has 0 bridgehead atoms. The third-order valence-electron chi connectivity index (χ3n) is 5.53. The number of benzene rings is 1. The molecule has 0 aliphatic heterocycles. The highest BCUT2D eigenvalue weighted by molar-refractivity contribution is 5.98. The van der Waals surface area contributed by atoms with Crippen LogP contribution in [0.25, 0.3) is 38.8 Å². The molecule has 0 fully saturated rings.